The number of aliphatic hydroxyl groups excluding tert-OH is 2. The van der Waals surface area contributed by atoms with Crippen molar-refractivity contribution in [2.45, 2.75) is 19.4 Å². The van der Waals surface area contributed by atoms with E-state index in [0.29, 0.717) is 18.7 Å². The number of anilines is 1. The van der Waals surface area contributed by atoms with Crippen molar-refractivity contribution in [1.29, 1.82) is 0 Å². The van der Waals surface area contributed by atoms with Crippen LogP contribution in [0, 0.1) is 0 Å². The van der Waals surface area contributed by atoms with E-state index in [2.05, 4.69) is 5.32 Å². The van der Waals surface area contributed by atoms with Gasteiger partial charge in [0.2, 0.25) is 0 Å². The average Bonchev–Trinajstić information content (AvgIpc) is 2.36. The molecule has 0 aliphatic heterocycles. The summed E-state index contributed by atoms with van der Waals surface area (Å²) in [5, 5.41) is 20.8. The molecule has 1 rings (SSSR count). The van der Waals surface area contributed by atoms with Gasteiger partial charge in [-0.15, -0.1) is 0 Å². The molecule has 0 saturated carbocycles. The molecule has 0 bridgehead atoms. The van der Waals surface area contributed by atoms with Crippen LogP contribution in [0.3, 0.4) is 0 Å². The molecule has 1 aromatic carbocycles. The highest BCUT2D eigenvalue weighted by molar-refractivity contribution is 5.89. The lowest BCUT2D eigenvalue weighted by Crippen LogP contribution is -2.32. The molecule has 18 heavy (non-hydrogen) atoms. The van der Waals surface area contributed by atoms with Gasteiger partial charge in [0, 0.05) is 25.9 Å². The van der Waals surface area contributed by atoms with Crippen molar-refractivity contribution in [2.24, 2.45) is 0 Å². The van der Waals surface area contributed by atoms with Crippen LogP contribution in [0.2, 0.25) is 0 Å². The molecule has 1 atom stereocenters. The third-order valence-electron chi connectivity index (χ3n) is 2.64. The fraction of sp³-hybridized carbons (Fsp3) is 0.462. The summed E-state index contributed by atoms with van der Waals surface area (Å²) < 4.78 is 0. The van der Waals surface area contributed by atoms with Gasteiger partial charge in [-0.05, 0) is 31.0 Å². The summed E-state index contributed by atoms with van der Waals surface area (Å²) >= 11 is 0. The van der Waals surface area contributed by atoms with Crippen molar-refractivity contribution in [3.05, 3.63) is 29.8 Å². The SMILES string of the molecule is CC(O)c1ccc(NC(=O)N(C)CCCO)cc1. The standard InChI is InChI=1S/C13H20N2O3/c1-10(17)11-4-6-12(7-5-11)14-13(18)15(2)8-3-9-16/h4-7,10,16-17H,3,8-9H2,1-2H3,(H,14,18). The first-order valence-electron chi connectivity index (χ1n) is 5.95. The average molecular weight is 252 g/mol. The van der Waals surface area contributed by atoms with Gasteiger partial charge in [0.15, 0.2) is 0 Å². The number of carbonyl (C=O) groups is 1. The summed E-state index contributed by atoms with van der Waals surface area (Å²) in [5.41, 5.74) is 1.49. The number of urea groups is 1. The Morgan fingerprint density at radius 2 is 2.00 bits per heavy atom. The maximum absolute atomic E-state index is 11.7. The second kappa shape index (κ2) is 6.98. The fourth-order valence-corrected chi connectivity index (χ4v) is 1.47. The van der Waals surface area contributed by atoms with Gasteiger partial charge in [0.1, 0.15) is 0 Å². The maximum Gasteiger partial charge on any atom is 0.321 e. The minimum absolute atomic E-state index is 0.0701. The third-order valence-corrected chi connectivity index (χ3v) is 2.64. The van der Waals surface area contributed by atoms with Gasteiger partial charge in [-0.3, -0.25) is 0 Å². The molecule has 0 spiro atoms. The van der Waals surface area contributed by atoms with E-state index < -0.39 is 6.10 Å². The first kappa shape index (κ1) is 14.5. The molecule has 0 aliphatic rings. The zero-order valence-corrected chi connectivity index (χ0v) is 10.8. The first-order chi connectivity index (χ1) is 8.54. The van der Waals surface area contributed by atoms with Gasteiger partial charge < -0.3 is 20.4 Å². The fourth-order valence-electron chi connectivity index (χ4n) is 1.47. The molecule has 1 unspecified atom stereocenters. The number of benzene rings is 1. The van der Waals surface area contributed by atoms with Crippen LogP contribution in [-0.4, -0.2) is 41.3 Å². The topological polar surface area (TPSA) is 72.8 Å². The number of carbonyl (C=O) groups excluding carboxylic acids is 1. The van der Waals surface area contributed by atoms with Crippen molar-refractivity contribution >= 4 is 11.7 Å². The Hall–Kier alpha value is -1.59. The quantitative estimate of drug-likeness (QED) is 0.745. The molecule has 1 aromatic rings. The molecular weight excluding hydrogens is 232 g/mol. The number of hydrogen-bond donors (Lipinski definition) is 3. The summed E-state index contributed by atoms with van der Waals surface area (Å²) in [7, 11) is 1.68. The summed E-state index contributed by atoms with van der Waals surface area (Å²) in [4.78, 5) is 13.2. The van der Waals surface area contributed by atoms with Crippen LogP contribution in [0.5, 0.6) is 0 Å². The smallest absolute Gasteiger partial charge is 0.321 e. The second-order valence-corrected chi connectivity index (χ2v) is 4.23. The van der Waals surface area contributed by atoms with E-state index in [1.165, 1.54) is 4.90 Å². The summed E-state index contributed by atoms with van der Waals surface area (Å²) in [6, 6.07) is 6.83. The van der Waals surface area contributed by atoms with Crippen molar-refractivity contribution in [3.63, 3.8) is 0 Å². The van der Waals surface area contributed by atoms with E-state index in [1.54, 1.807) is 38.2 Å². The molecule has 0 saturated heterocycles. The Balaban J connectivity index is 2.53. The van der Waals surface area contributed by atoms with E-state index in [0.717, 1.165) is 5.56 Å². The van der Waals surface area contributed by atoms with Gasteiger partial charge in [0.25, 0.3) is 0 Å². The van der Waals surface area contributed by atoms with E-state index >= 15 is 0 Å². The molecule has 100 valence electrons. The van der Waals surface area contributed by atoms with Crippen LogP contribution in [0.4, 0.5) is 10.5 Å². The van der Waals surface area contributed by atoms with Crippen LogP contribution >= 0.6 is 0 Å². The molecule has 0 heterocycles. The molecule has 0 fully saturated rings. The molecule has 2 amide bonds. The van der Waals surface area contributed by atoms with E-state index in [4.69, 9.17) is 5.11 Å². The van der Waals surface area contributed by atoms with E-state index in [-0.39, 0.29) is 12.6 Å². The monoisotopic (exact) mass is 252 g/mol. The van der Waals surface area contributed by atoms with Gasteiger partial charge in [-0.2, -0.15) is 0 Å². The molecular formula is C13H20N2O3. The first-order valence-corrected chi connectivity index (χ1v) is 5.95. The number of rotatable bonds is 5. The lowest BCUT2D eigenvalue weighted by molar-refractivity contribution is 0.199. The van der Waals surface area contributed by atoms with Crippen LogP contribution in [0.1, 0.15) is 25.0 Å². The summed E-state index contributed by atoms with van der Waals surface area (Å²) in [5.74, 6) is 0. The normalized spacial score (nSPS) is 12.0. The van der Waals surface area contributed by atoms with E-state index in [9.17, 15) is 9.90 Å². The largest absolute Gasteiger partial charge is 0.396 e. The summed E-state index contributed by atoms with van der Waals surface area (Å²) in [6.45, 7) is 2.27. The molecule has 0 radical (unpaired) electrons. The zero-order chi connectivity index (χ0) is 13.5. The van der Waals surface area contributed by atoms with Gasteiger partial charge in [-0.1, -0.05) is 12.1 Å². The highest BCUT2D eigenvalue weighted by Crippen LogP contribution is 2.15. The second-order valence-electron chi connectivity index (χ2n) is 4.23. The zero-order valence-electron chi connectivity index (χ0n) is 10.8. The van der Waals surface area contributed by atoms with Crippen LogP contribution in [0.15, 0.2) is 24.3 Å². The molecule has 5 heteroatoms. The van der Waals surface area contributed by atoms with Crippen molar-refractivity contribution in [3.8, 4) is 0 Å². The van der Waals surface area contributed by atoms with Gasteiger partial charge in [-0.25, -0.2) is 4.79 Å². The van der Waals surface area contributed by atoms with Crippen LogP contribution in [-0.2, 0) is 0 Å². The van der Waals surface area contributed by atoms with Crippen molar-refractivity contribution in [2.75, 3.05) is 25.5 Å². The highest BCUT2D eigenvalue weighted by Gasteiger charge is 2.08. The molecule has 3 N–H and O–H groups in total. The van der Waals surface area contributed by atoms with E-state index in [1.807, 2.05) is 0 Å². The Morgan fingerprint density at radius 3 is 2.50 bits per heavy atom. The maximum atomic E-state index is 11.7. The van der Waals surface area contributed by atoms with Crippen LogP contribution < -0.4 is 5.32 Å². The number of amides is 2. The van der Waals surface area contributed by atoms with Gasteiger partial charge in [0.05, 0.1) is 6.10 Å². The number of hydrogen-bond acceptors (Lipinski definition) is 3. The Bertz CT molecular complexity index is 376. The lowest BCUT2D eigenvalue weighted by Gasteiger charge is -2.17. The number of aliphatic hydroxyl groups is 2. The van der Waals surface area contributed by atoms with Crippen LogP contribution in [0.25, 0.3) is 0 Å². The minimum atomic E-state index is -0.512. The number of nitrogens with zero attached hydrogens (tertiary/aromatic N) is 1. The molecule has 0 aliphatic carbocycles. The van der Waals surface area contributed by atoms with Crippen molar-refractivity contribution < 1.29 is 15.0 Å². The molecule has 0 aromatic heterocycles. The predicted octanol–water partition coefficient (Wildman–Crippen LogP) is 1.59. The Labute approximate surface area is 107 Å². The third kappa shape index (κ3) is 4.35. The lowest BCUT2D eigenvalue weighted by atomic mass is 10.1. The van der Waals surface area contributed by atoms with Gasteiger partial charge >= 0.3 is 6.03 Å². The van der Waals surface area contributed by atoms with Crippen molar-refractivity contribution in [1.82, 2.24) is 4.90 Å². The molecule has 5 nitrogen and oxygen atoms in total. The minimum Gasteiger partial charge on any atom is -0.396 e. The summed E-state index contributed by atoms with van der Waals surface area (Å²) in [6.07, 6.45) is 0.0483. The Morgan fingerprint density at radius 1 is 1.39 bits per heavy atom. The predicted molar refractivity (Wildman–Crippen MR) is 70.4 cm³/mol. The highest BCUT2D eigenvalue weighted by atomic mass is 16.3. The number of nitrogens with one attached hydrogen (secondary N) is 1. The Kier molecular flexibility index (Phi) is 5.61.